The second-order valence-electron chi connectivity index (χ2n) is 18.7. The monoisotopic (exact) mass is 973 g/mol. The van der Waals surface area contributed by atoms with Crippen molar-refractivity contribution in [1.82, 2.24) is 5.32 Å². The number of halogens is 1. The van der Waals surface area contributed by atoms with E-state index in [0.29, 0.717) is 16.7 Å². The van der Waals surface area contributed by atoms with E-state index in [0.717, 1.165) is 12.1 Å². The summed E-state index contributed by atoms with van der Waals surface area (Å²) >= 11 is 4.22. The van der Waals surface area contributed by atoms with Gasteiger partial charge in [-0.05, 0) is 80.8 Å². The van der Waals surface area contributed by atoms with Crippen LogP contribution in [0.25, 0.3) is 0 Å². The van der Waals surface area contributed by atoms with Gasteiger partial charge in [-0.2, -0.15) is 12.6 Å². The minimum atomic E-state index is -2.36. The highest BCUT2D eigenvalue weighted by molar-refractivity contribution is 7.80. The summed E-state index contributed by atoms with van der Waals surface area (Å²) in [5.74, 6) is -6.67. The van der Waals surface area contributed by atoms with Crippen molar-refractivity contribution in [3.63, 3.8) is 0 Å². The Morgan fingerprint density at radius 3 is 2.13 bits per heavy atom. The molecular weight excluding hydrogens is 914 g/mol. The average molecular weight is 974 g/mol. The van der Waals surface area contributed by atoms with Crippen LogP contribution in [0, 0.1) is 22.6 Å². The van der Waals surface area contributed by atoms with Crippen LogP contribution in [-0.2, 0) is 52.3 Å². The second-order valence-corrected chi connectivity index (χ2v) is 19.2. The summed E-state index contributed by atoms with van der Waals surface area (Å²) in [6.07, 6.45) is -9.33. The molecule has 1 aliphatic heterocycles. The number of thiol groups is 1. The first kappa shape index (κ1) is 51.4. The summed E-state index contributed by atoms with van der Waals surface area (Å²) in [6.45, 7) is 10.7. The van der Waals surface area contributed by atoms with E-state index in [2.05, 4.69) is 17.9 Å². The van der Waals surface area contributed by atoms with Crippen molar-refractivity contribution in [2.24, 2.45) is 16.7 Å². The van der Waals surface area contributed by atoms with Gasteiger partial charge in [0.25, 0.3) is 5.91 Å². The summed E-state index contributed by atoms with van der Waals surface area (Å²) in [5, 5.41) is 17.0. The fourth-order valence-electron chi connectivity index (χ4n) is 11.0. The number of hydrogen-bond donors (Lipinski definition) is 3. The zero-order valence-corrected chi connectivity index (χ0v) is 40.6. The van der Waals surface area contributed by atoms with E-state index in [1.54, 1.807) is 95.3 Å². The lowest BCUT2D eigenvalue weighted by Crippen LogP contribution is -2.82. The summed E-state index contributed by atoms with van der Waals surface area (Å²) < 4.78 is 58.3. The van der Waals surface area contributed by atoms with Crippen molar-refractivity contribution in [3.8, 4) is 0 Å². The molecule has 7 rings (SSSR count). The molecule has 3 aromatic rings. The van der Waals surface area contributed by atoms with Crippen LogP contribution in [0.15, 0.2) is 96.1 Å². The molecule has 0 spiro atoms. The smallest absolute Gasteiger partial charge is 0.338 e. The van der Waals surface area contributed by atoms with Crippen LogP contribution in [0.2, 0.25) is 0 Å². The van der Waals surface area contributed by atoms with Crippen LogP contribution < -0.4 is 5.32 Å². The maximum Gasteiger partial charge on any atom is 0.338 e. The lowest BCUT2D eigenvalue weighted by molar-refractivity contribution is -0.346. The molecule has 1 amide bonds. The Bertz CT molecular complexity index is 2450. The summed E-state index contributed by atoms with van der Waals surface area (Å²) in [6, 6.07) is 20.6. The molecular formula is C52H60FNO14S. The number of ether oxygens (including phenoxy) is 7. The molecule has 69 heavy (non-hydrogen) atoms. The number of ketones is 1. The van der Waals surface area contributed by atoms with Crippen LogP contribution in [0.3, 0.4) is 0 Å². The number of aliphatic hydroxyl groups is 1. The number of carbonyl (C=O) groups excluding carboxylic acids is 6. The lowest BCUT2D eigenvalue weighted by atomic mass is 9.44. The Balaban J connectivity index is 1.43. The third kappa shape index (κ3) is 9.35. The summed E-state index contributed by atoms with van der Waals surface area (Å²) in [7, 11) is 0. The highest BCUT2D eigenvalue weighted by atomic mass is 32.1. The largest absolute Gasteiger partial charge is 0.461 e. The zero-order valence-electron chi connectivity index (χ0n) is 39.7. The number of fused-ring (bicyclic) bond motifs is 5. The highest BCUT2D eigenvalue weighted by Gasteiger charge is 2.79. The average Bonchev–Trinajstić information content (AvgIpc) is 3.31. The van der Waals surface area contributed by atoms with E-state index in [1.165, 1.54) is 26.0 Å². The van der Waals surface area contributed by atoms with E-state index in [-0.39, 0.29) is 49.6 Å². The molecule has 2 saturated carbocycles. The number of benzene rings is 3. The van der Waals surface area contributed by atoms with Gasteiger partial charge in [0.1, 0.15) is 41.9 Å². The van der Waals surface area contributed by atoms with Crippen molar-refractivity contribution >= 4 is 48.2 Å². The molecule has 2 N–H and O–H groups in total. The predicted octanol–water partition coefficient (Wildman–Crippen LogP) is 6.26. The zero-order chi connectivity index (χ0) is 50.1. The maximum atomic E-state index is 16.1. The molecule has 0 aromatic heterocycles. The lowest BCUT2D eigenvalue weighted by Gasteiger charge is -2.67. The number of Topliss-reactive ketones (excluding diaryl/α,β-unsaturated/α-hetero) is 1. The molecule has 3 aromatic carbocycles. The van der Waals surface area contributed by atoms with Crippen molar-refractivity contribution < 1.29 is 71.4 Å². The molecule has 3 fully saturated rings. The first-order valence-electron chi connectivity index (χ1n) is 23.2. The molecule has 2 bridgehead atoms. The van der Waals surface area contributed by atoms with Crippen LogP contribution in [-0.4, -0.2) is 114 Å². The van der Waals surface area contributed by atoms with Crippen LogP contribution in [0.5, 0.6) is 0 Å². The van der Waals surface area contributed by atoms with Crippen molar-refractivity contribution in [1.29, 1.82) is 0 Å². The van der Waals surface area contributed by atoms with Gasteiger partial charge >= 0.3 is 23.9 Å². The third-order valence-electron chi connectivity index (χ3n) is 14.5. The Kier molecular flexibility index (Phi) is 15.3. The fourth-order valence-corrected chi connectivity index (χ4v) is 11.2. The first-order chi connectivity index (χ1) is 32.8. The van der Waals surface area contributed by atoms with Gasteiger partial charge in [-0.1, -0.05) is 62.4 Å². The SMILES string of the molecule is CCO[C@H]1C(=O)[C@@]2(C)C([C@H](OC(=O)c3ccc(F)cc3)[C@]3(O)C[C@H](OC(=O)[C@H](OCC)[C@@H](NC(=O)c4ccccc4)c4ccccc4)C(C)=C1C3(C)C)[C@]1(OC(C)=O)CO[C@@H]1C[C@@H]2OC(=O)CCS. The quantitative estimate of drug-likeness (QED) is 0.0629. The van der Waals surface area contributed by atoms with Crippen molar-refractivity contribution in [2.75, 3.05) is 25.6 Å². The number of carbonyl (C=O) groups is 6. The van der Waals surface area contributed by atoms with Crippen LogP contribution >= 0.6 is 12.6 Å². The van der Waals surface area contributed by atoms with Gasteiger partial charge in [0.15, 0.2) is 17.5 Å². The topological polar surface area (TPSA) is 199 Å². The fraction of sp³-hybridized carbons (Fsp3) is 0.500. The second kappa shape index (κ2) is 20.5. The summed E-state index contributed by atoms with van der Waals surface area (Å²) in [5.41, 5.74) is -6.45. The van der Waals surface area contributed by atoms with E-state index in [4.69, 9.17) is 33.2 Å². The Morgan fingerprint density at radius 2 is 1.55 bits per heavy atom. The van der Waals surface area contributed by atoms with Gasteiger partial charge in [-0.15, -0.1) is 0 Å². The maximum absolute atomic E-state index is 16.1. The first-order valence-corrected chi connectivity index (χ1v) is 23.8. The van der Waals surface area contributed by atoms with Gasteiger partial charge in [0.05, 0.1) is 36.0 Å². The third-order valence-corrected chi connectivity index (χ3v) is 14.7. The number of amides is 1. The molecule has 1 saturated heterocycles. The minimum absolute atomic E-state index is 0.00973. The van der Waals surface area contributed by atoms with E-state index >= 15 is 4.79 Å². The number of esters is 4. The predicted molar refractivity (Wildman–Crippen MR) is 249 cm³/mol. The van der Waals surface area contributed by atoms with E-state index < -0.39 is 118 Å². The summed E-state index contributed by atoms with van der Waals surface area (Å²) in [4.78, 5) is 86.1. The minimum Gasteiger partial charge on any atom is -0.461 e. The van der Waals surface area contributed by atoms with Crippen molar-refractivity contribution in [2.45, 2.75) is 122 Å². The van der Waals surface area contributed by atoms with Gasteiger partial charge in [-0.25, -0.2) is 14.0 Å². The van der Waals surface area contributed by atoms with Crippen LogP contribution in [0.4, 0.5) is 4.39 Å². The van der Waals surface area contributed by atoms with E-state index in [9.17, 15) is 33.5 Å². The Morgan fingerprint density at radius 1 is 0.899 bits per heavy atom. The van der Waals surface area contributed by atoms with Gasteiger partial charge in [-0.3, -0.25) is 19.2 Å². The van der Waals surface area contributed by atoms with Crippen molar-refractivity contribution in [3.05, 3.63) is 119 Å². The van der Waals surface area contributed by atoms with Gasteiger partial charge in [0.2, 0.25) is 0 Å². The molecule has 11 atom stereocenters. The molecule has 15 nitrogen and oxygen atoms in total. The molecule has 4 aliphatic rings. The normalized spacial score (nSPS) is 29.9. The van der Waals surface area contributed by atoms with E-state index in [1.807, 2.05) is 0 Å². The molecule has 370 valence electrons. The Hall–Kier alpha value is -5.46. The number of nitrogens with one attached hydrogen (secondary N) is 1. The molecule has 0 radical (unpaired) electrons. The standard InChI is InChI=1S/C52H60FNO14S/c1-8-62-41-39-29(3)35(65-48(60)42(63-9-2)40(31-16-12-10-13-17-31)54-46(58)32-18-14-11-15-19-32)27-52(61,49(39,5)6)45(67-47(59)33-20-22-34(53)23-21-33)43-50(7,44(41)57)36(66-38(56)24-25-69)26-37-51(43,28-64-37)68-30(4)55/h10-23,35-37,40-43,45,61,69H,8-9,24-28H2,1-7H3,(H,54,58)/t35-,36-,37+,40-,41+,42+,43?,45-,50+,51-,52+/m0/s1. The molecule has 3 aliphatic carbocycles. The highest BCUT2D eigenvalue weighted by Crippen LogP contribution is 2.65. The Labute approximate surface area is 406 Å². The number of rotatable bonds is 16. The van der Waals surface area contributed by atoms with Crippen LogP contribution in [0.1, 0.15) is 100 Å². The molecule has 17 heteroatoms. The number of hydrogen-bond acceptors (Lipinski definition) is 15. The van der Waals surface area contributed by atoms with Gasteiger partial charge < -0.3 is 43.6 Å². The molecule has 1 heterocycles. The molecule has 1 unspecified atom stereocenters. The van der Waals surface area contributed by atoms with Gasteiger partial charge in [0, 0.05) is 49.7 Å².